The Bertz CT molecular complexity index is 151. The summed E-state index contributed by atoms with van der Waals surface area (Å²) in [5, 5.41) is 0. The van der Waals surface area contributed by atoms with Gasteiger partial charge in [0, 0.05) is 18.1 Å². The zero-order chi connectivity index (χ0) is 10.0. The van der Waals surface area contributed by atoms with Gasteiger partial charge in [-0.1, -0.05) is 13.8 Å². The Labute approximate surface area is 83.5 Å². The molecule has 1 rings (SSSR count). The zero-order valence-corrected chi connectivity index (χ0v) is 9.88. The summed E-state index contributed by atoms with van der Waals surface area (Å²) in [5.41, 5.74) is 0. The van der Waals surface area contributed by atoms with Crippen molar-refractivity contribution < 1.29 is 0 Å². The fourth-order valence-corrected chi connectivity index (χ4v) is 2.81. The van der Waals surface area contributed by atoms with E-state index in [-0.39, 0.29) is 0 Å². The second-order valence-corrected chi connectivity index (χ2v) is 5.25. The van der Waals surface area contributed by atoms with Gasteiger partial charge in [0.15, 0.2) is 0 Å². The molecule has 0 aromatic heterocycles. The quantitative estimate of drug-likeness (QED) is 0.649. The smallest absolute Gasteiger partial charge is 0.0104 e. The molecule has 1 heterocycles. The molecule has 1 aliphatic rings. The van der Waals surface area contributed by atoms with Crippen molar-refractivity contribution >= 4 is 0 Å². The number of hydrogen-bond acceptors (Lipinski definition) is 1. The molecule has 2 atom stereocenters. The molecule has 0 N–H and O–H groups in total. The number of nitrogens with zero attached hydrogens (tertiary/aromatic N) is 1. The topological polar surface area (TPSA) is 3.24 Å². The maximum atomic E-state index is 2.71. The fourth-order valence-electron chi connectivity index (χ4n) is 2.81. The van der Waals surface area contributed by atoms with E-state index in [1.807, 2.05) is 0 Å². The highest BCUT2D eigenvalue weighted by Gasteiger charge is 2.32. The monoisotopic (exact) mass is 183 g/mol. The molecule has 0 bridgehead atoms. The maximum absolute atomic E-state index is 2.71. The second kappa shape index (κ2) is 4.45. The predicted molar refractivity (Wildman–Crippen MR) is 58.9 cm³/mol. The van der Waals surface area contributed by atoms with Gasteiger partial charge >= 0.3 is 0 Å². The Morgan fingerprint density at radius 3 is 2.23 bits per heavy atom. The van der Waals surface area contributed by atoms with Gasteiger partial charge in [0.1, 0.15) is 0 Å². The minimum atomic E-state index is 0.723. The van der Waals surface area contributed by atoms with Gasteiger partial charge in [-0.05, 0) is 46.0 Å². The Morgan fingerprint density at radius 1 is 1.15 bits per heavy atom. The lowest BCUT2D eigenvalue weighted by molar-refractivity contribution is 0.142. The van der Waals surface area contributed by atoms with Crippen LogP contribution in [0.2, 0.25) is 0 Å². The lowest BCUT2D eigenvalue weighted by Gasteiger charge is -2.33. The lowest BCUT2D eigenvalue weighted by Crippen LogP contribution is -2.40. The van der Waals surface area contributed by atoms with Crippen LogP contribution < -0.4 is 0 Å². The van der Waals surface area contributed by atoms with Crippen LogP contribution in [0.4, 0.5) is 0 Å². The SMILES string of the molecule is CC(C)CC1CCC(C)N1C(C)C. The minimum absolute atomic E-state index is 0.723. The van der Waals surface area contributed by atoms with Crippen LogP contribution in [-0.4, -0.2) is 23.0 Å². The van der Waals surface area contributed by atoms with Gasteiger partial charge in [0.2, 0.25) is 0 Å². The van der Waals surface area contributed by atoms with E-state index in [1.165, 1.54) is 19.3 Å². The zero-order valence-electron chi connectivity index (χ0n) is 9.88. The minimum Gasteiger partial charge on any atom is -0.295 e. The maximum Gasteiger partial charge on any atom is 0.0104 e. The van der Waals surface area contributed by atoms with Crippen molar-refractivity contribution in [1.29, 1.82) is 0 Å². The van der Waals surface area contributed by atoms with Crippen molar-refractivity contribution in [2.45, 2.75) is 72.0 Å². The third-order valence-electron chi connectivity index (χ3n) is 3.19. The van der Waals surface area contributed by atoms with Crippen LogP contribution in [0.5, 0.6) is 0 Å². The van der Waals surface area contributed by atoms with Crippen molar-refractivity contribution in [2.75, 3.05) is 0 Å². The third kappa shape index (κ3) is 2.70. The van der Waals surface area contributed by atoms with Crippen LogP contribution in [0.25, 0.3) is 0 Å². The summed E-state index contributed by atoms with van der Waals surface area (Å²) in [6, 6.07) is 2.39. The summed E-state index contributed by atoms with van der Waals surface area (Å²) in [6.45, 7) is 11.7. The fraction of sp³-hybridized carbons (Fsp3) is 1.00. The number of hydrogen-bond donors (Lipinski definition) is 0. The molecule has 1 fully saturated rings. The number of rotatable bonds is 3. The molecule has 1 saturated heterocycles. The van der Waals surface area contributed by atoms with Crippen LogP contribution in [0, 0.1) is 5.92 Å². The summed E-state index contributed by atoms with van der Waals surface area (Å²) in [7, 11) is 0. The van der Waals surface area contributed by atoms with Crippen LogP contribution in [-0.2, 0) is 0 Å². The Balaban J connectivity index is 2.54. The van der Waals surface area contributed by atoms with E-state index in [9.17, 15) is 0 Å². The molecule has 0 radical (unpaired) electrons. The molecular formula is C12H25N. The van der Waals surface area contributed by atoms with Gasteiger partial charge in [-0.25, -0.2) is 0 Å². The Morgan fingerprint density at radius 2 is 1.77 bits per heavy atom. The molecule has 1 aliphatic heterocycles. The van der Waals surface area contributed by atoms with Gasteiger partial charge in [0.25, 0.3) is 0 Å². The van der Waals surface area contributed by atoms with Gasteiger partial charge in [-0.3, -0.25) is 4.90 Å². The van der Waals surface area contributed by atoms with Crippen LogP contribution in [0.1, 0.15) is 53.9 Å². The normalized spacial score (nSPS) is 30.7. The largest absolute Gasteiger partial charge is 0.295 e. The summed E-state index contributed by atoms with van der Waals surface area (Å²) in [6.07, 6.45) is 4.19. The van der Waals surface area contributed by atoms with Crippen molar-refractivity contribution in [3.8, 4) is 0 Å². The average molecular weight is 183 g/mol. The summed E-state index contributed by atoms with van der Waals surface area (Å²) in [5.74, 6) is 0.844. The molecule has 0 aromatic carbocycles. The predicted octanol–water partition coefficient (Wildman–Crippen LogP) is 3.29. The molecule has 1 nitrogen and oxygen atoms in total. The van der Waals surface area contributed by atoms with Gasteiger partial charge < -0.3 is 0 Å². The average Bonchev–Trinajstić information content (AvgIpc) is 2.30. The van der Waals surface area contributed by atoms with E-state index in [0.717, 1.165) is 24.0 Å². The van der Waals surface area contributed by atoms with E-state index in [0.29, 0.717) is 0 Å². The second-order valence-electron chi connectivity index (χ2n) is 5.25. The highest BCUT2D eigenvalue weighted by molar-refractivity contribution is 4.87. The van der Waals surface area contributed by atoms with Gasteiger partial charge in [-0.2, -0.15) is 0 Å². The summed E-state index contributed by atoms with van der Waals surface area (Å²) < 4.78 is 0. The molecule has 0 spiro atoms. The molecule has 0 aliphatic carbocycles. The first kappa shape index (κ1) is 11.0. The first-order valence-electron chi connectivity index (χ1n) is 5.79. The van der Waals surface area contributed by atoms with Crippen molar-refractivity contribution in [3.05, 3.63) is 0 Å². The molecule has 2 unspecified atom stereocenters. The molecule has 0 saturated carbocycles. The van der Waals surface area contributed by atoms with Crippen molar-refractivity contribution in [2.24, 2.45) is 5.92 Å². The molecular weight excluding hydrogens is 158 g/mol. The van der Waals surface area contributed by atoms with Crippen LogP contribution in [0.15, 0.2) is 0 Å². The van der Waals surface area contributed by atoms with Crippen LogP contribution in [0.3, 0.4) is 0 Å². The standard InChI is InChI=1S/C12H25N/c1-9(2)8-12-7-6-11(5)13(12)10(3)4/h9-12H,6-8H2,1-5H3. The highest BCUT2D eigenvalue weighted by Crippen LogP contribution is 2.29. The lowest BCUT2D eigenvalue weighted by atomic mass is 10.0. The molecule has 0 amide bonds. The highest BCUT2D eigenvalue weighted by atomic mass is 15.2. The number of likely N-dealkylation sites (tertiary alicyclic amines) is 1. The van der Waals surface area contributed by atoms with Gasteiger partial charge in [0.05, 0.1) is 0 Å². The van der Waals surface area contributed by atoms with Crippen LogP contribution >= 0.6 is 0 Å². The first-order chi connectivity index (χ1) is 6.02. The van der Waals surface area contributed by atoms with E-state index >= 15 is 0 Å². The van der Waals surface area contributed by atoms with Crippen molar-refractivity contribution in [3.63, 3.8) is 0 Å². The third-order valence-corrected chi connectivity index (χ3v) is 3.19. The molecule has 0 aromatic rings. The van der Waals surface area contributed by atoms with E-state index in [4.69, 9.17) is 0 Å². The molecule has 1 heteroatoms. The summed E-state index contributed by atoms with van der Waals surface area (Å²) >= 11 is 0. The molecule has 13 heavy (non-hydrogen) atoms. The van der Waals surface area contributed by atoms with Gasteiger partial charge in [-0.15, -0.1) is 0 Å². The van der Waals surface area contributed by atoms with E-state index < -0.39 is 0 Å². The summed E-state index contributed by atoms with van der Waals surface area (Å²) in [4.78, 5) is 2.71. The van der Waals surface area contributed by atoms with E-state index in [2.05, 4.69) is 39.5 Å². The van der Waals surface area contributed by atoms with Crippen molar-refractivity contribution in [1.82, 2.24) is 4.90 Å². The van der Waals surface area contributed by atoms with E-state index in [1.54, 1.807) is 0 Å². The first-order valence-corrected chi connectivity index (χ1v) is 5.79. The Hall–Kier alpha value is -0.0400. The Kier molecular flexibility index (Phi) is 3.78. The molecule has 78 valence electrons.